The Labute approximate surface area is 553 Å². The molecule has 3 heterocycles. The van der Waals surface area contributed by atoms with Crippen LogP contribution < -0.4 is 42.0 Å². The Bertz CT molecular complexity index is 3130. The van der Waals surface area contributed by atoms with E-state index < -0.39 is 120 Å². The quantitative estimate of drug-likeness (QED) is 0.0117. The SMILES string of the molecule is C/C=C(\C)Cc1cc(OC)c(Cl)c(N(C)C(=O)C[C@H](OC(=O)[C@H](C)N(C)C(=O)CCN(C)C(=O)OCc2ccc(NC(=O)[C@H](CCCNC(N)=O)NC(=O)[C@@H](NC(=O)CCCCCN3C(=O)C=CC3=O)C(C)C)cc2)[C@]2(C)O[C@H]2[C@H](C)[C@@H]2C[C@](O)([C@@H](C)OC)NC(=O)O2)c1. The number of ether oxygens (including phenoxy) is 6. The van der Waals surface area contributed by atoms with Gasteiger partial charge >= 0.3 is 24.2 Å². The Morgan fingerprint density at radius 3 is 2.18 bits per heavy atom. The molecule has 5 rings (SSSR count). The highest BCUT2D eigenvalue weighted by atomic mass is 35.5. The largest absolute Gasteiger partial charge is 0.495 e. The first-order chi connectivity index (χ1) is 44.3. The molecule has 0 bridgehead atoms. The average molecular weight is 1340 g/mol. The number of amides is 11. The molecule has 3 aliphatic heterocycles. The number of hydrogen-bond acceptors (Lipinski definition) is 18. The van der Waals surface area contributed by atoms with Crippen LogP contribution in [0.3, 0.4) is 0 Å². The number of allylic oxidation sites excluding steroid dienone is 2. The van der Waals surface area contributed by atoms with E-state index in [1.165, 1.54) is 64.2 Å². The Kier molecular flexibility index (Phi) is 28.2. The van der Waals surface area contributed by atoms with Gasteiger partial charge < -0.3 is 75.2 Å². The molecule has 2 fully saturated rings. The lowest BCUT2D eigenvalue weighted by atomic mass is 9.84. The number of anilines is 2. The van der Waals surface area contributed by atoms with E-state index in [1.807, 2.05) is 19.9 Å². The van der Waals surface area contributed by atoms with E-state index in [0.717, 1.165) is 20.9 Å². The molecule has 0 aliphatic carbocycles. The Morgan fingerprint density at radius 1 is 0.894 bits per heavy atom. The summed E-state index contributed by atoms with van der Waals surface area (Å²) in [5, 5.41) is 24.7. The number of carbonyl (C=O) groups is 11. The molecule has 0 radical (unpaired) electrons. The number of nitrogens with one attached hydrogen (secondary N) is 5. The van der Waals surface area contributed by atoms with E-state index >= 15 is 0 Å². The van der Waals surface area contributed by atoms with Gasteiger partial charge in [0.25, 0.3) is 11.8 Å². The van der Waals surface area contributed by atoms with Gasteiger partial charge in [0.15, 0.2) is 5.72 Å². The van der Waals surface area contributed by atoms with E-state index in [9.17, 15) is 57.8 Å². The lowest BCUT2D eigenvalue weighted by Gasteiger charge is -2.41. The van der Waals surface area contributed by atoms with Gasteiger partial charge in [0.05, 0.1) is 25.3 Å². The standard InChI is InChI=1S/C65H93ClN10O18/c1-14-38(4)31-43-32-46(55(66)47(33-43)90-13)75(11)54(81)34-49(64(8)57(94-64)39(5)48-35-65(88,41(7)89-12)72-62(86)92-48)93-60(84)40(6)74(10)51(78)27-30-73(9)63(87)91-36-42-21-23-44(24-22-42)69-58(82)45(19-18-28-68-61(67)85)70-59(83)56(37(2)3)71-50(77)20-16-15-17-29-76-52(79)25-26-53(76)80/h14,21-26,32-33,37,39-41,45,48-49,56-57,88H,15-20,27-31,34-36H2,1-13H3,(H,69,82)(H,70,83)(H,71,77)(H,72,86)(H3,67,68,85)/b38-14+/t39-,40+,41-,45+,48+,49+,56+,57+,64+,65+/m1/s1. The minimum Gasteiger partial charge on any atom is -0.495 e. The monoisotopic (exact) mass is 1340 g/mol. The number of imide groups is 1. The summed E-state index contributed by atoms with van der Waals surface area (Å²) in [6.07, 6.45) is 0.615. The van der Waals surface area contributed by atoms with Crippen LogP contribution in [0.4, 0.5) is 25.8 Å². The first kappa shape index (κ1) is 76.4. The molecule has 2 saturated heterocycles. The number of alkyl carbamates (subject to hydrolysis) is 1. The predicted molar refractivity (Wildman–Crippen MR) is 346 cm³/mol. The van der Waals surface area contributed by atoms with Crippen molar-refractivity contribution >= 4 is 88.5 Å². The van der Waals surface area contributed by atoms with Gasteiger partial charge in [-0.25, -0.2) is 19.2 Å². The summed E-state index contributed by atoms with van der Waals surface area (Å²) in [6.45, 7) is 13.8. The van der Waals surface area contributed by atoms with E-state index in [1.54, 1.807) is 71.0 Å². The molecule has 2 aromatic carbocycles. The number of nitrogens with two attached hydrogens (primary N) is 1. The molecule has 3 aliphatic rings. The summed E-state index contributed by atoms with van der Waals surface area (Å²) >= 11 is 6.81. The van der Waals surface area contributed by atoms with Gasteiger partial charge in [0.1, 0.15) is 59.4 Å². The van der Waals surface area contributed by atoms with Crippen LogP contribution in [0.5, 0.6) is 5.75 Å². The van der Waals surface area contributed by atoms with Gasteiger partial charge in [-0.2, -0.15) is 0 Å². The van der Waals surface area contributed by atoms with Crippen LogP contribution in [0.1, 0.15) is 124 Å². The second kappa shape index (κ2) is 34.7. The summed E-state index contributed by atoms with van der Waals surface area (Å²) in [7, 11) is 7.19. The first-order valence-electron chi connectivity index (χ1n) is 31.3. The van der Waals surface area contributed by atoms with Crippen molar-refractivity contribution in [2.45, 2.75) is 180 Å². The number of benzene rings is 2. The number of esters is 1. The van der Waals surface area contributed by atoms with Gasteiger partial charge in [0.2, 0.25) is 29.5 Å². The van der Waals surface area contributed by atoms with E-state index in [2.05, 4.69) is 26.6 Å². The zero-order chi connectivity index (χ0) is 69.9. The molecule has 94 heavy (non-hydrogen) atoms. The molecule has 0 saturated carbocycles. The zero-order valence-electron chi connectivity index (χ0n) is 55.9. The van der Waals surface area contributed by atoms with Crippen molar-refractivity contribution in [2.75, 3.05) is 65.2 Å². The van der Waals surface area contributed by atoms with Gasteiger partial charge in [0, 0.05) is 90.9 Å². The van der Waals surface area contributed by atoms with Gasteiger partial charge in [-0.1, -0.05) is 62.6 Å². The predicted octanol–water partition coefficient (Wildman–Crippen LogP) is 5.14. The lowest BCUT2D eigenvalue weighted by Crippen LogP contribution is -2.63. The molecular weight excluding hydrogens is 1240 g/mol. The minimum absolute atomic E-state index is 0.0780. The lowest BCUT2D eigenvalue weighted by molar-refractivity contribution is -0.162. The van der Waals surface area contributed by atoms with Crippen LogP contribution in [0.2, 0.25) is 5.02 Å². The number of carbonyl (C=O) groups excluding carboxylic acids is 11. The summed E-state index contributed by atoms with van der Waals surface area (Å²) in [5.41, 5.74) is 5.15. The van der Waals surface area contributed by atoms with Crippen molar-refractivity contribution in [3.8, 4) is 5.75 Å². The van der Waals surface area contributed by atoms with E-state index in [0.29, 0.717) is 48.4 Å². The summed E-state index contributed by atoms with van der Waals surface area (Å²) in [4.78, 5) is 149. The molecule has 0 spiro atoms. The van der Waals surface area contributed by atoms with Gasteiger partial charge in [-0.15, -0.1) is 0 Å². The number of urea groups is 1. The molecule has 11 amide bonds. The number of halogens is 1. The number of epoxide rings is 1. The fourth-order valence-corrected chi connectivity index (χ4v) is 11.0. The van der Waals surface area contributed by atoms with Crippen LogP contribution in [-0.2, 0) is 75.1 Å². The molecule has 28 nitrogen and oxygen atoms in total. The van der Waals surface area contributed by atoms with Crippen LogP contribution in [0.25, 0.3) is 0 Å². The third kappa shape index (κ3) is 21.1. The highest BCUT2D eigenvalue weighted by Crippen LogP contribution is 2.49. The molecule has 0 unspecified atom stereocenters. The highest BCUT2D eigenvalue weighted by Gasteiger charge is 2.64. The fourth-order valence-electron chi connectivity index (χ4n) is 10.7. The number of rotatable bonds is 35. The molecule has 29 heteroatoms. The molecule has 518 valence electrons. The Hall–Kier alpha value is -8.34. The molecule has 10 atom stereocenters. The van der Waals surface area contributed by atoms with E-state index in [-0.39, 0.29) is 81.1 Å². The molecule has 8 N–H and O–H groups in total. The molecule has 0 aromatic heterocycles. The third-order valence-electron chi connectivity index (χ3n) is 17.3. The van der Waals surface area contributed by atoms with Crippen molar-refractivity contribution in [1.82, 2.24) is 36.0 Å². The van der Waals surface area contributed by atoms with Crippen LogP contribution >= 0.6 is 11.6 Å². The summed E-state index contributed by atoms with van der Waals surface area (Å²) in [6, 6.07) is 5.76. The zero-order valence-corrected chi connectivity index (χ0v) is 56.7. The molecular formula is C65H93ClN10O18. The van der Waals surface area contributed by atoms with E-state index in [4.69, 9.17) is 45.8 Å². The van der Waals surface area contributed by atoms with Gasteiger partial charge in [-0.05, 0) is 108 Å². The second-order valence-electron chi connectivity index (χ2n) is 24.5. The maximum atomic E-state index is 14.4. The number of unbranched alkanes of at least 4 members (excludes halogenated alkanes) is 2. The van der Waals surface area contributed by atoms with Crippen molar-refractivity contribution in [2.24, 2.45) is 17.6 Å². The summed E-state index contributed by atoms with van der Waals surface area (Å²) < 4.78 is 34.5. The molecule has 2 aromatic rings. The normalized spacial score (nSPS) is 20.3. The van der Waals surface area contributed by atoms with Crippen molar-refractivity contribution in [3.63, 3.8) is 0 Å². The van der Waals surface area contributed by atoms with Crippen molar-refractivity contribution < 1.29 is 86.3 Å². The van der Waals surface area contributed by atoms with Crippen LogP contribution in [-0.4, -0.2) is 194 Å². The fraction of sp³-hybridized carbons (Fsp3) is 0.585. The Morgan fingerprint density at radius 2 is 1.56 bits per heavy atom. The maximum Gasteiger partial charge on any atom is 0.409 e. The second-order valence-corrected chi connectivity index (χ2v) is 24.9. The number of primary amides is 1. The van der Waals surface area contributed by atoms with Crippen molar-refractivity contribution in [1.29, 1.82) is 0 Å². The topological polar surface area (TPSA) is 366 Å². The number of aliphatic hydroxyl groups is 1. The minimum atomic E-state index is -1.79. The van der Waals surface area contributed by atoms with Gasteiger partial charge in [-0.3, -0.25) is 43.8 Å². The van der Waals surface area contributed by atoms with Crippen LogP contribution in [0.15, 0.2) is 60.2 Å². The van der Waals surface area contributed by atoms with Crippen molar-refractivity contribution in [3.05, 3.63) is 76.3 Å². The number of nitrogens with zero attached hydrogens (tertiary/aromatic N) is 4. The maximum absolute atomic E-state index is 14.4. The van der Waals surface area contributed by atoms with Crippen LogP contribution in [0, 0.1) is 11.8 Å². The Balaban J connectivity index is 1.17. The average Bonchev–Trinajstić information content (AvgIpc) is 1.57. The number of cyclic esters (lactones) is 1. The number of hydrogen-bond donors (Lipinski definition) is 7. The summed E-state index contributed by atoms with van der Waals surface area (Å²) in [5.74, 6) is -4.97. The third-order valence-corrected chi connectivity index (χ3v) is 17.6. The number of methoxy groups -OCH3 is 2. The number of likely N-dealkylation sites (N-methyl/N-ethyl adjacent to an activating group) is 1. The first-order valence-corrected chi connectivity index (χ1v) is 31.7. The smallest absolute Gasteiger partial charge is 0.409 e. The highest BCUT2D eigenvalue weighted by molar-refractivity contribution is 6.35.